The van der Waals surface area contributed by atoms with Crippen molar-refractivity contribution < 1.29 is 29.0 Å². The topological polar surface area (TPSA) is 109 Å². The monoisotopic (exact) mass is 432 g/mol. The van der Waals surface area contributed by atoms with Gasteiger partial charge in [0.2, 0.25) is 5.91 Å². The Morgan fingerprint density at radius 1 is 1.23 bits per heavy atom. The van der Waals surface area contributed by atoms with E-state index in [2.05, 4.69) is 5.32 Å². The minimum atomic E-state index is -1.20. The van der Waals surface area contributed by atoms with Gasteiger partial charge < -0.3 is 15.5 Å². The molecule has 0 spiro atoms. The minimum absolute atomic E-state index is 0.167. The number of phenols is 1. The maximum atomic E-state index is 14.1. The number of carboxylic acids is 1. The standard InChI is InChI=1S/C21H18ClFN2O5/c1-10(20(29)24-9-18(27)28)19-11(2)25(16-8-15(23)17(26)7-14(16)19)21(30)12-4-3-5-13(22)6-12/h3-8,10,26H,9H2,1-2H3,(H,24,29)(H,27,28). The van der Waals surface area contributed by atoms with Gasteiger partial charge in [-0.05, 0) is 43.7 Å². The van der Waals surface area contributed by atoms with Crippen molar-refractivity contribution in [1.82, 2.24) is 9.88 Å². The number of aromatic nitrogens is 1. The van der Waals surface area contributed by atoms with Gasteiger partial charge >= 0.3 is 5.97 Å². The number of aliphatic carboxylic acids is 1. The smallest absolute Gasteiger partial charge is 0.322 e. The molecule has 1 atom stereocenters. The molecule has 0 aliphatic carbocycles. The van der Waals surface area contributed by atoms with Crippen molar-refractivity contribution >= 4 is 40.3 Å². The van der Waals surface area contributed by atoms with Crippen molar-refractivity contribution in [1.29, 1.82) is 0 Å². The molecule has 2 aromatic carbocycles. The number of rotatable bonds is 5. The fraction of sp³-hybridized carbons (Fsp3) is 0.190. The maximum Gasteiger partial charge on any atom is 0.322 e. The highest BCUT2D eigenvalue weighted by molar-refractivity contribution is 6.31. The molecule has 0 aliphatic rings. The van der Waals surface area contributed by atoms with E-state index in [0.29, 0.717) is 21.7 Å². The van der Waals surface area contributed by atoms with Crippen LogP contribution in [0, 0.1) is 12.7 Å². The third-order valence-corrected chi connectivity index (χ3v) is 5.07. The first kappa shape index (κ1) is 21.3. The van der Waals surface area contributed by atoms with Gasteiger partial charge in [0.05, 0.1) is 11.4 Å². The van der Waals surface area contributed by atoms with E-state index in [0.717, 1.165) is 12.1 Å². The van der Waals surface area contributed by atoms with E-state index in [1.54, 1.807) is 25.1 Å². The number of hydrogen-bond donors (Lipinski definition) is 3. The number of carbonyl (C=O) groups is 3. The van der Waals surface area contributed by atoms with Crippen molar-refractivity contribution in [2.75, 3.05) is 6.54 Å². The van der Waals surface area contributed by atoms with Crippen LogP contribution in [0.25, 0.3) is 10.9 Å². The van der Waals surface area contributed by atoms with Gasteiger partial charge in [0, 0.05) is 27.7 Å². The zero-order valence-electron chi connectivity index (χ0n) is 16.1. The molecule has 30 heavy (non-hydrogen) atoms. The fourth-order valence-electron chi connectivity index (χ4n) is 3.45. The summed E-state index contributed by atoms with van der Waals surface area (Å²) in [5, 5.41) is 21.6. The summed E-state index contributed by atoms with van der Waals surface area (Å²) in [6.07, 6.45) is 0. The highest BCUT2D eigenvalue weighted by atomic mass is 35.5. The SMILES string of the molecule is Cc1c(C(C)C(=O)NCC(=O)O)c2cc(O)c(F)cc2n1C(=O)c1cccc(Cl)c1. The number of halogens is 2. The van der Waals surface area contributed by atoms with E-state index in [-0.39, 0.29) is 11.1 Å². The van der Waals surface area contributed by atoms with Crippen LogP contribution in [0.2, 0.25) is 5.02 Å². The molecule has 0 radical (unpaired) electrons. The molecule has 0 saturated heterocycles. The third kappa shape index (κ3) is 3.86. The molecule has 1 amide bonds. The van der Waals surface area contributed by atoms with Crippen LogP contribution in [0.5, 0.6) is 5.75 Å². The van der Waals surface area contributed by atoms with E-state index in [1.165, 1.54) is 17.6 Å². The normalized spacial score (nSPS) is 12.0. The number of nitrogens with zero attached hydrogens (tertiary/aromatic N) is 1. The van der Waals surface area contributed by atoms with Gasteiger partial charge in [-0.1, -0.05) is 17.7 Å². The summed E-state index contributed by atoms with van der Waals surface area (Å²) in [6, 6.07) is 8.40. The van der Waals surface area contributed by atoms with Gasteiger partial charge in [-0.3, -0.25) is 19.0 Å². The highest BCUT2D eigenvalue weighted by Gasteiger charge is 2.28. The predicted octanol–water partition coefficient (Wildman–Crippen LogP) is 3.44. The Bertz CT molecular complexity index is 1190. The number of benzene rings is 2. The Morgan fingerprint density at radius 3 is 2.57 bits per heavy atom. The minimum Gasteiger partial charge on any atom is -0.505 e. The molecule has 0 aliphatic heterocycles. The van der Waals surface area contributed by atoms with Gasteiger partial charge in [0.25, 0.3) is 5.91 Å². The molecule has 7 nitrogen and oxygen atoms in total. The summed E-state index contributed by atoms with van der Waals surface area (Å²) in [5.74, 6) is -4.70. The summed E-state index contributed by atoms with van der Waals surface area (Å²) in [6.45, 7) is 2.56. The Hall–Kier alpha value is -3.39. The molecular formula is C21H18ClFN2O5. The molecule has 0 saturated carbocycles. The lowest BCUT2D eigenvalue weighted by Gasteiger charge is -2.13. The van der Waals surface area contributed by atoms with E-state index in [1.807, 2.05) is 0 Å². The molecule has 1 aromatic heterocycles. The number of carbonyl (C=O) groups excluding carboxylic acids is 2. The van der Waals surface area contributed by atoms with Crippen LogP contribution in [0.4, 0.5) is 4.39 Å². The molecule has 1 heterocycles. The zero-order valence-corrected chi connectivity index (χ0v) is 16.8. The largest absolute Gasteiger partial charge is 0.505 e. The second-order valence-electron chi connectivity index (χ2n) is 6.80. The Balaban J connectivity index is 2.20. The molecule has 0 bridgehead atoms. The van der Waals surface area contributed by atoms with Crippen LogP contribution in [-0.2, 0) is 9.59 Å². The molecule has 9 heteroatoms. The zero-order chi connectivity index (χ0) is 22.2. The van der Waals surface area contributed by atoms with Crippen molar-refractivity contribution in [3.63, 3.8) is 0 Å². The number of fused-ring (bicyclic) bond motifs is 1. The third-order valence-electron chi connectivity index (χ3n) is 4.84. The fourth-order valence-corrected chi connectivity index (χ4v) is 3.64. The lowest BCUT2D eigenvalue weighted by Crippen LogP contribution is -2.32. The summed E-state index contributed by atoms with van der Waals surface area (Å²) < 4.78 is 15.4. The van der Waals surface area contributed by atoms with Gasteiger partial charge in [0.15, 0.2) is 11.6 Å². The first-order chi connectivity index (χ1) is 14.1. The van der Waals surface area contributed by atoms with E-state index in [4.69, 9.17) is 16.7 Å². The number of nitrogens with one attached hydrogen (secondary N) is 1. The molecule has 3 rings (SSSR count). The van der Waals surface area contributed by atoms with Gasteiger partial charge in [-0.25, -0.2) is 4.39 Å². The second kappa shape index (κ2) is 8.16. The van der Waals surface area contributed by atoms with Crippen molar-refractivity contribution in [2.45, 2.75) is 19.8 Å². The Labute approximate surface area is 175 Å². The predicted molar refractivity (Wildman–Crippen MR) is 109 cm³/mol. The number of aromatic hydroxyl groups is 1. The lowest BCUT2D eigenvalue weighted by atomic mass is 9.97. The Morgan fingerprint density at radius 2 is 1.93 bits per heavy atom. The summed E-state index contributed by atoms with van der Waals surface area (Å²) in [4.78, 5) is 36.4. The number of phenolic OH excluding ortho intramolecular Hbond substituents is 1. The van der Waals surface area contributed by atoms with Crippen LogP contribution >= 0.6 is 11.6 Å². The van der Waals surface area contributed by atoms with Crippen LogP contribution in [0.3, 0.4) is 0 Å². The van der Waals surface area contributed by atoms with Gasteiger partial charge in [-0.15, -0.1) is 0 Å². The first-order valence-corrected chi connectivity index (χ1v) is 9.32. The summed E-state index contributed by atoms with van der Waals surface area (Å²) in [5.41, 5.74) is 1.16. The quantitative estimate of drug-likeness (QED) is 0.572. The molecule has 3 N–H and O–H groups in total. The summed E-state index contributed by atoms with van der Waals surface area (Å²) in [7, 11) is 0. The number of hydrogen-bond acceptors (Lipinski definition) is 4. The molecule has 1 unspecified atom stereocenters. The van der Waals surface area contributed by atoms with Crippen molar-refractivity contribution in [3.05, 3.63) is 64.1 Å². The number of amides is 1. The van der Waals surface area contributed by atoms with E-state index >= 15 is 0 Å². The van der Waals surface area contributed by atoms with Crippen LogP contribution < -0.4 is 5.32 Å². The van der Waals surface area contributed by atoms with E-state index in [9.17, 15) is 23.9 Å². The van der Waals surface area contributed by atoms with Gasteiger partial charge in [0.1, 0.15) is 6.54 Å². The Kier molecular flexibility index (Phi) is 5.80. The average Bonchev–Trinajstić information content (AvgIpc) is 2.96. The van der Waals surface area contributed by atoms with Crippen molar-refractivity contribution in [2.24, 2.45) is 0 Å². The van der Waals surface area contributed by atoms with E-state index < -0.39 is 41.8 Å². The molecular weight excluding hydrogens is 415 g/mol. The van der Waals surface area contributed by atoms with Crippen molar-refractivity contribution in [3.8, 4) is 5.75 Å². The van der Waals surface area contributed by atoms with Gasteiger partial charge in [-0.2, -0.15) is 0 Å². The van der Waals surface area contributed by atoms with Crippen LogP contribution in [0.1, 0.15) is 34.5 Å². The van der Waals surface area contributed by atoms with Crippen LogP contribution in [-0.4, -0.2) is 39.1 Å². The molecule has 0 fully saturated rings. The lowest BCUT2D eigenvalue weighted by molar-refractivity contribution is -0.138. The van der Waals surface area contributed by atoms with Crippen LogP contribution in [0.15, 0.2) is 36.4 Å². The molecule has 156 valence electrons. The number of carboxylic acid groups (broad SMARTS) is 1. The highest BCUT2D eigenvalue weighted by Crippen LogP contribution is 2.36. The average molecular weight is 433 g/mol. The maximum absolute atomic E-state index is 14.1. The molecule has 3 aromatic rings. The first-order valence-electron chi connectivity index (χ1n) is 8.95. The summed E-state index contributed by atoms with van der Waals surface area (Å²) >= 11 is 5.98. The second-order valence-corrected chi connectivity index (χ2v) is 7.24.